The van der Waals surface area contributed by atoms with Crippen LogP contribution in [0.1, 0.15) is 40.4 Å². The summed E-state index contributed by atoms with van der Waals surface area (Å²) in [5.41, 5.74) is 2.32. The summed E-state index contributed by atoms with van der Waals surface area (Å²) in [6, 6.07) is 8.68. The van der Waals surface area contributed by atoms with Gasteiger partial charge in [-0.15, -0.1) is 0 Å². The van der Waals surface area contributed by atoms with Gasteiger partial charge in [0.15, 0.2) is 0 Å². The average molecular weight is 361 g/mol. The van der Waals surface area contributed by atoms with Gasteiger partial charge in [0.2, 0.25) is 5.88 Å². The van der Waals surface area contributed by atoms with Crippen molar-refractivity contribution < 1.29 is 14.6 Å². The van der Waals surface area contributed by atoms with E-state index in [1.54, 1.807) is 37.6 Å². The fraction of sp³-hybridized carbons (Fsp3) is 0.368. The van der Waals surface area contributed by atoms with Crippen molar-refractivity contribution in [2.75, 3.05) is 7.11 Å². The number of methoxy groups -OCH3 is 1. The van der Waals surface area contributed by atoms with Gasteiger partial charge in [0.05, 0.1) is 19.3 Å². The first-order valence-corrected chi connectivity index (χ1v) is 8.60. The van der Waals surface area contributed by atoms with E-state index in [0.29, 0.717) is 29.3 Å². The van der Waals surface area contributed by atoms with Gasteiger partial charge < -0.3 is 15.2 Å². The summed E-state index contributed by atoms with van der Waals surface area (Å²) >= 11 is 5.97. The molecule has 1 heterocycles. The van der Waals surface area contributed by atoms with Crippen molar-refractivity contribution in [2.45, 2.75) is 31.9 Å². The van der Waals surface area contributed by atoms with Crippen molar-refractivity contribution in [3.8, 4) is 5.88 Å². The molecule has 1 aliphatic rings. The van der Waals surface area contributed by atoms with E-state index in [0.717, 1.165) is 11.1 Å². The first kappa shape index (κ1) is 17.7. The number of carbonyl (C=O) groups excluding carboxylic acids is 1. The maximum absolute atomic E-state index is 12.7. The third-order valence-electron chi connectivity index (χ3n) is 4.67. The number of halogens is 1. The molecule has 2 N–H and O–H groups in total. The summed E-state index contributed by atoms with van der Waals surface area (Å²) in [5.74, 6) is 0.550. The number of ether oxygens (including phenoxy) is 1. The molecule has 1 fully saturated rings. The number of amides is 1. The molecule has 6 heteroatoms. The molecular formula is C19H21ClN2O3. The van der Waals surface area contributed by atoms with E-state index in [9.17, 15) is 9.90 Å². The molecule has 132 valence electrons. The lowest BCUT2D eigenvalue weighted by molar-refractivity contribution is 0.0234. The lowest BCUT2D eigenvalue weighted by Crippen LogP contribution is -2.41. The van der Waals surface area contributed by atoms with Gasteiger partial charge in [-0.3, -0.25) is 4.79 Å². The Bertz CT molecular complexity index is 758. The van der Waals surface area contributed by atoms with Crippen LogP contribution < -0.4 is 10.1 Å². The normalized spacial score (nSPS) is 20.5. The van der Waals surface area contributed by atoms with Crippen molar-refractivity contribution in [3.63, 3.8) is 0 Å². The SMILES string of the molecule is COc1ccc(C(NC(=O)c2ccc(Cl)cc2C)C2CC(O)C2)cn1. The molecule has 1 atom stereocenters. The molecule has 0 bridgehead atoms. The molecular weight excluding hydrogens is 340 g/mol. The third-order valence-corrected chi connectivity index (χ3v) is 4.90. The minimum atomic E-state index is -0.298. The summed E-state index contributed by atoms with van der Waals surface area (Å²) in [6.45, 7) is 1.86. The molecule has 25 heavy (non-hydrogen) atoms. The fourth-order valence-electron chi connectivity index (χ4n) is 3.17. The van der Waals surface area contributed by atoms with Crippen molar-refractivity contribution in [1.82, 2.24) is 10.3 Å². The Morgan fingerprint density at radius 2 is 2.12 bits per heavy atom. The highest BCUT2D eigenvalue weighted by molar-refractivity contribution is 6.30. The van der Waals surface area contributed by atoms with Gasteiger partial charge in [-0.25, -0.2) is 4.98 Å². The highest BCUT2D eigenvalue weighted by Gasteiger charge is 2.36. The van der Waals surface area contributed by atoms with E-state index in [1.165, 1.54) is 0 Å². The maximum atomic E-state index is 12.7. The van der Waals surface area contributed by atoms with Gasteiger partial charge in [0.25, 0.3) is 5.91 Å². The number of benzene rings is 1. The molecule has 1 amide bonds. The number of hydrogen-bond donors (Lipinski definition) is 2. The molecule has 0 radical (unpaired) electrons. The number of aliphatic hydroxyl groups excluding tert-OH is 1. The molecule has 2 aromatic rings. The quantitative estimate of drug-likeness (QED) is 0.858. The van der Waals surface area contributed by atoms with Crippen LogP contribution in [0, 0.1) is 12.8 Å². The first-order valence-electron chi connectivity index (χ1n) is 8.23. The maximum Gasteiger partial charge on any atom is 0.252 e. The Morgan fingerprint density at radius 1 is 1.36 bits per heavy atom. The predicted octanol–water partition coefficient (Wildman–Crippen LogP) is 3.29. The van der Waals surface area contributed by atoms with Crippen LogP contribution in [0.25, 0.3) is 0 Å². The van der Waals surface area contributed by atoms with Crippen LogP contribution >= 0.6 is 11.6 Å². The van der Waals surface area contributed by atoms with Crippen LogP contribution in [0.3, 0.4) is 0 Å². The fourth-order valence-corrected chi connectivity index (χ4v) is 3.40. The number of aryl methyl sites for hydroxylation is 1. The van der Waals surface area contributed by atoms with Gasteiger partial charge >= 0.3 is 0 Å². The lowest BCUT2D eigenvalue weighted by atomic mass is 9.75. The van der Waals surface area contributed by atoms with Crippen molar-refractivity contribution >= 4 is 17.5 Å². The minimum absolute atomic E-state index is 0.156. The van der Waals surface area contributed by atoms with Crippen LogP contribution in [-0.2, 0) is 0 Å². The Balaban J connectivity index is 1.83. The lowest BCUT2D eigenvalue weighted by Gasteiger charge is -2.38. The van der Waals surface area contributed by atoms with E-state index < -0.39 is 0 Å². The molecule has 0 spiro atoms. The number of nitrogens with zero attached hydrogens (tertiary/aromatic N) is 1. The van der Waals surface area contributed by atoms with E-state index in [1.807, 2.05) is 13.0 Å². The van der Waals surface area contributed by atoms with Gasteiger partial charge in [-0.05, 0) is 55.0 Å². The second kappa shape index (κ2) is 7.42. The predicted molar refractivity (Wildman–Crippen MR) is 95.9 cm³/mol. The third kappa shape index (κ3) is 3.94. The van der Waals surface area contributed by atoms with E-state index >= 15 is 0 Å². The first-order chi connectivity index (χ1) is 12.0. The molecule has 1 aliphatic carbocycles. The van der Waals surface area contributed by atoms with Crippen LogP contribution in [0.15, 0.2) is 36.5 Å². The number of nitrogens with one attached hydrogen (secondary N) is 1. The van der Waals surface area contributed by atoms with E-state index in [2.05, 4.69) is 10.3 Å². The van der Waals surface area contributed by atoms with Crippen LogP contribution in [-0.4, -0.2) is 29.2 Å². The zero-order valence-electron chi connectivity index (χ0n) is 14.2. The van der Waals surface area contributed by atoms with E-state index in [-0.39, 0.29) is 24.0 Å². The largest absolute Gasteiger partial charge is 0.481 e. The topological polar surface area (TPSA) is 71.5 Å². The van der Waals surface area contributed by atoms with Crippen LogP contribution in [0.5, 0.6) is 5.88 Å². The van der Waals surface area contributed by atoms with Crippen molar-refractivity contribution in [1.29, 1.82) is 0 Å². The average Bonchev–Trinajstić information content (AvgIpc) is 2.57. The molecule has 1 unspecified atom stereocenters. The summed E-state index contributed by atoms with van der Waals surface area (Å²) in [7, 11) is 1.56. The number of carbonyl (C=O) groups is 1. The van der Waals surface area contributed by atoms with Crippen molar-refractivity contribution in [3.05, 3.63) is 58.2 Å². The number of pyridine rings is 1. The Kier molecular flexibility index (Phi) is 5.25. The Hall–Kier alpha value is -2.11. The molecule has 1 aromatic carbocycles. The van der Waals surface area contributed by atoms with Crippen LogP contribution in [0.2, 0.25) is 5.02 Å². The number of hydrogen-bond acceptors (Lipinski definition) is 4. The van der Waals surface area contributed by atoms with E-state index in [4.69, 9.17) is 16.3 Å². The van der Waals surface area contributed by atoms with Gasteiger partial charge in [-0.1, -0.05) is 17.7 Å². The molecule has 1 aromatic heterocycles. The summed E-state index contributed by atoms with van der Waals surface area (Å²) in [4.78, 5) is 17.0. The molecule has 0 saturated heterocycles. The van der Waals surface area contributed by atoms with Gasteiger partial charge in [-0.2, -0.15) is 0 Å². The minimum Gasteiger partial charge on any atom is -0.481 e. The Labute approximate surface area is 152 Å². The second-order valence-corrected chi connectivity index (χ2v) is 6.87. The monoisotopic (exact) mass is 360 g/mol. The summed E-state index contributed by atoms with van der Waals surface area (Å²) in [6.07, 6.45) is 2.74. The number of rotatable bonds is 5. The number of aromatic nitrogens is 1. The highest BCUT2D eigenvalue weighted by atomic mass is 35.5. The molecule has 0 aliphatic heterocycles. The standard InChI is InChI=1S/C19H21ClN2O3/c1-11-7-14(20)4-5-16(11)19(24)22-18(13-8-15(23)9-13)12-3-6-17(25-2)21-10-12/h3-7,10,13,15,18,23H,8-9H2,1-2H3,(H,22,24). The number of aliphatic hydroxyl groups is 1. The summed E-state index contributed by atoms with van der Waals surface area (Å²) < 4.78 is 5.09. The highest BCUT2D eigenvalue weighted by Crippen LogP contribution is 2.38. The second-order valence-electron chi connectivity index (χ2n) is 6.43. The molecule has 5 nitrogen and oxygen atoms in total. The molecule has 1 saturated carbocycles. The zero-order valence-corrected chi connectivity index (χ0v) is 15.0. The smallest absolute Gasteiger partial charge is 0.252 e. The molecule has 3 rings (SSSR count). The van der Waals surface area contributed by atoms with Crippen LogP contribution in [0.4, 0.5) is 0 Å². The van der Waals surface area contributed by atoms with Crippen molar-refractivity contribution in [2.24, 2.45) is 5.92 Å². The van der Waals surface area contributed by atoms with Gasteiger partial charge in [0.1, 0.15) is 0 Å². The zero-order chi connectivity index (χ0) is 18.0. The van der Waals surface area contributed by atoms with Gasteiger partial charge in [0, 0.05) is 22.8 Å². The summed E-state index contributed by atoms with van der Waals surface area (Å²) in [5, 5.41) is 13.4. The Morgan fingerprint density at radius 3 is 2.68 bits per heavy atom.